The van der Waals surface area contributed by atoms with Crippen molar-refractivity contribution in [2.45, 2.75) is 0 Å². The number of rotatable bonds is 0. The summed E-state index contributed by atoms with van der Waals surface area (Å²) in [6.07, 6.45) is 0. The lowest BCUT2D eigenvalue weighted by molar-refractivity contribution is 0.291. The highest BCUT2D eigenvalue weighted by Gasteiger charge is 2.01. The van der Waals surface area contributed by atoms with Crippen LogP contribution in [0.1, 0.15) is 0 Å². The first-order valence-electron chi connectivity index (χ1n) is 3.51. The molecule has 1 rings (SSSR count). The molecule has 0 saturated carbocycles. The molecule has 1 fully saturated rings. The zero-order valence-electron chi connectivity index (χ0n) is 6.96. The van der Waals surface area contributed by atoms with Crippen LogP contribution in [0.5, 0.6) is 0 Å². The Kier molecular flexibility index (Phi) is 5.77. The molecule has 0 spiro atoms. The predicted molar refractivity (Wildman–Crippen MR) is 49.3 cm³/mol. The van der Waals surface area contributed by atoms with Gasteiger partial charge in [-0.2, -0.15) is 8.42 Å². The highest BCUT2D eigenvalue weighted by Crippen LogP contribution is 1.83. The monoisotopic (exact) mass is 215 g/mol. The van der Waals surface area contributed by atoms with E-state index in [0.717, 1.165) is 13.1 Å². The minimum Gasteiger partial charge on any atom is -0.314 e. The van der Waals surface area contributed by atoms with E-state index >= 15 is 0 Å². The van der Waals surface area contributed by atoms with Gasteiger partial charge in [0.2, 0.25) is 0 Å². The van der Waals surface area contributed by atoms with Gasteiger partial charge in [0.25, 0.3) is 9.24 Å². The van der Waals surface area contributed by atoms with Crippen LogP contribution in [0.3, 0.4) is 0 Å². The van der Waals surface area contributed by atoms with Gasteiger partial charge in [-0.3, -0.25) is 0 Å². The van der Waals surface area contributed by atoms with Gasteiger partial charge in [0.15, 0.2) is 0 Å². The average molecular weight is 216 g/mol. The molecule has 3 N–H and O–H groups in total. The Morgan fingerprint density at radius 3 is 1.92 bits per heavy atom. The van der Waals surface area contributed by atoms with Crippen LogP contribution >= 0.6 is 10.7 Å². The maximum absolute atomic E-state index is 9.18. The van der Waals surface area contributed by atoms with Crippen molar-refractivity contribution >= 4 is 19.9 Å². The molecule has 1 aliphatic heterocycles. The van der Waals surface area contributed by atoms with E-state index in [4.69, 9.17) is 0 Å². The highest BCUT2D eigenvalue weighted by atomic mass is 35.7. The van der Waals surface area contributed by atoms with Gasteiger partial charge in [0.1, 0.15) is 0 Å². The van der Waals surface area contributed by atoms with E-state index < -0.39 is 9.24 Å². The zero-order chi connectivity index (χ0) is 9.61. The summed E-state index contributed by atoms with van der Waals surface area (Å²) in [4.78, 5) is 2.33. The number of hydrogen-bond acceptors (Lipinski definition) is 4. The molecule has 0 aromatic carbocycles. The molecular formula is C5H14ClN3O2S. The molecule has 1 saturated heterocycles. The second-order valence-electron chi connectivity index (χ2n) is 2.53. The van der Waals surface area contributed by atoms with Crippen molar-refractivity contribution in [1.82, 2.24) is 10.2 Å². The third kappa shape index (κ3) is 12.8. The van der Waals surface area contributed by atoms with Crippen molar-refractivity contribution in [3.8, 4) is 0 Å². The lowest BCUT2D eigenvalue weighted by Gasteiger charge is -2.21. The fourth-order valence-electron chi connectivity index (χ4n) is 0.777. The third-order valence-electron chi connectivity index (χ3n) is 1.34. The van der Waals surface area contributed by atoms with Crippen LogP contribution in [0.2, 0.25) is 0 Å². The topological polar surface area (TPSA) is 75.4 Å². The Balaban J connectivity index is 0.000000217. The SMILES string of the molecule is CN1CCNCC1.NS(=O)(=O)Cl. The summed E-state index contributed by atoms with van der Waals surface area (Å²) in [5, 5.41) is 7.37. The van der Waals surface area contributed by atoms with E-state index in [9.17, 15) is 8.42 Å². The summed E-state index contributed by atoms with van der Waals surface area (Å²) in [6, 6.07) is 0. The fraction of sp³-hybridized carbons (Fsp3) is 1.00. The van der Waals surface area contributed by atoms with Crippen LogP contribution in [0.15, 0.2) is 0 Å². The maximum Gasteiger partial charge on any atom is 0.294 e. The average Bonchev–Trinajstić information content (AvgIpc) is 1.85. The van der Waals surface area contributed by atoms with Crippen LogP contribution in [-0.4, -0.2) is 46.5 Å². The van der Waals surface area contributed by atoms with Crippen molar-refractivity contribution in [3.05, 3.63) is 0 Å². The van der Waals surface area contributed by atoms with Crippen molar-refractivity contribution < 1.29 is 8.42 Å². The molecule has 0 amide bonds. The summed E-state index contributed by atoms with van der Waals surface area (Å²) < 4.78 is 18.4. The van der Waals surface area contributed by atoms with E-state index in [2.05, 4.69) is 33.1 Å². The normalized spacial score (nSPS) is 19.6. The van der Waals surface area contributed by atoms with E-state index in [1.807, 2.05) is 0 Å². The molecule has 5 nitrogen and oxygen atoms in total. The summed E-state index contributed by atoms with van der Waals surface area (Å²) >= 11 is 0. The van der Waals surface area contributed by atoms with Crippen LogP contribution < -0.4 is 10.5 Å². The summed E-state index contributed by atoms with van der Waals surface area (Å²) in [6.45, 7) is 4.74. The molecule has 74 valence electrons. The van der Waals surface area contributed by atoms with E-state index in [1.54, 1.807) is 0 Å². The minimum atomic E-state index is -3.69. The Bertz CT molecular complexity index is 193. The van der Waals surface area contributed by atoms with Crippen LogP contribution in [0.25, 0.3) is 0 Å². The van der Waals surface area contributed by atoms with E-state index in [0.29, 0.717) is 0 Å². The van der Waals surface area contributed by atoms with Gasteiger partial charge in [-0.15, -0.1) is 0 Å². The van der Waals surface area contributed by atoms with E-state index in [1.165, 1.54) is 13.1 Å². The number of nitrogens with two attached hydrogens (primary N) is 1. The summed E-state index contributed by atoms with van der Waals surface area (Å²) in [5.74, 6) is 0. The van der Waals surface area contributed by atoms with Crippen molar-refractivity contribution in [2.24, 2.45) is 5.14 Å². The zero-order valence-corrected chi connectivity index (χ0v) is 8.53. The smallest absolute Gasteiger partial charge is 0.294 e. The molecule has 0 unspecified atom stereocenters. The number of likely N-dealkylation sites (N-methyl/N-ethyl adjacent to an activating group) is 1. The number of nitrogens with zero attached hydrogens (tertiary/aromatic N) is 1. The summed E-state index contributed by atoms with van der Waals surface area (Å²) in [5.41, 5.74) is 0. The molecule has 0 radical (unpaired) electrons. The van der Waals surface area contributed by atoms with Crippen LogP contribution in [-0.2, 0) is 9.24 Å². The highest BCUT2D eigenvalue weighted by molar-refractivity contribution is 8.11. The van der Waals surface area contributed by atoms with Crippen molar-refractivity contribution in [2.75, 3.05) is 33.2 Å². The number of halogens is 1. The molecular weight excluding hydrogens is 202 g/mol. The van der Waals surface area contributed by atoms with Crippen LogP contribution in [0, 0.1) is 0 Å². The van der Waals surface area contributed by atoms with Gasteiger partial charge in [0, 0.05) is 36.9 Å². The van der Waals surface area contributed by atoms with Gasteiger partial charge in [-0.25, -0.2) is 5.14 Å². The number of hydrogen-bond donors (Lipinski definition) is 2. The lowest BCUT2D eigenvalue weighted by atomic mass is 10.4. The van der Waals surface area contributed by atoms with Crippen molar-refractivity contribution in [1.29, 1.82) is 0 Å². The lowest BCUT2D eigenvalue weighted by Crippen LogP contribution is -2.40. The minimum absolute atomic E-state index is 1.16. The molecule has 0 bridgehead atoms. The quantitative estimate of drug-likeness (QED) is 0.506. The fourth-order valence-corrected chi connectivity index (χ4v) is 0.777. The molecule has 1 aliphatic rings. The summed E-state index contributed by atoms with van der Waals surface area (Å²) in [7, 11) is 2.74. The first-order chi connectivity index (χ1) is 5.39. The molecule has 0 aliphatic carbocycles. The Labute approximate surface area is 77.4 Å². The van der Waals surface area contributed by atoms with Gasteiger partial charge >= 0.3 is 0 Å². The van der Waals surface area contributed by atoms with Crippen molar-refractivity contribution in [3.63, 3.8) is 0 Å². The largest absolute Gasteiger partial charge is 0.314 e. The Hall–Kier alpha value is 0.120. The molecule has 0 aromatic rings. The van der Waals surface area contributed by atoms with E-state index in [-0.39, 0.29) is 0 Å². The van der Waals surface area contributed by atoms with Gasteiger partial charge in [-0.05, 0) is 7.05 Å². The second kappa shape index (κ2) is 5.71. The Morgan fingerprint density at radius 2 is 1.75 bits per heavy atom. The van der Waals surface area contributed by atoms with Gasteiger partial charge in [0.05, 0.1) is 0 Å². The standard InChI is InChI=1S/C5H12N2.ClH2NO2S/c1-7-4-2-6-3-5-7;1-5(2,3)4/h6H,2-5H2,1H3;(H2,2,3,4). The Morgan fingerprint density at radius 1 is 1.42 bits per heavy atom. The van der Waals surface area contributed by atoms with Gasteiger partial charge < -0.3 is 10.2 Å². The van der Waals surface area contributed by atoms with Crippen LogP contribution in [0.4, 0.5) is 0 Å². The third-order valence-corrected chi connectivity index (χ3v) is 1.34. The molecule has 7 heteroatoms. The molecule has 0 aromatic heterocycles. The number of nitrogens with one attached hydrogen (secondary N) is 1. The first-order valence-corrected chi connectivity index (χ1v) is 5.88. The second-order valence-corrected chi connectivity index (χ2v) is 4.77. The molecule has 0 atom stereocenters. The maximum atomic E-state index is 9.18. The number of piperazine rings is 1. The first kappa shape index (κ1) is 12.1. The molecule has 1 heterocycles. The molecule has 12 heavy (non-hydrogen) atoms. The van der Waals surface area contributed by atoms with Gasteiger partial charge in [-0.1, -0.05) is 0 Å². The predicted octanol–water partition coefficient (Wildman–Crippen LogP) is -1.05.